The van der Waals surface area contributed by atoms with E-state index in [4.69, 9.17) is 0 Å². The summed E-state index contributed by atoms with van der Waals surface area (Å²) >= 11 is 1.47. The van der Waals surface area contributed by atoms with Crippen molar-refractivity contribution in [2.24, 2.45) is 0 Å². The fourth-order valence-corrected chi connectivity index (χ4v) is 3.17. The van der Waals surface area contributed by atoms with E-state index < -0.39 is 0 Å². The van der Waals surface area contributed by atoms with E-state index in [1.807, 2.05) is 28.3 Å². The minimum absolute atomic E-state index is 0.0300. The van der Waals surface area contributed by atoms with Gasteiger partial charge in [0.1, 0.15) is 5.69 Å². The maximum atomic E-state index is 12.0. The number of benzene rings is 1. The van der Waals surface area contributed by atoms with E-state index in [9.17, 15) is 4.79 Å². The van der Waals surface area contributed by atoms with Crippen LogP contribution >= 0.6 is 11.3 Å². The summed E-state index contributed by atoms with van der Waals surface area (Å²) in [6.07, 6.45) is 5.84. The maximum Gasteiger partial charge on any atom is 0.258 e. The molecule has 0 saturated carbocycles. The number of nitrogens with zero attached hydrogens (tertiary/aromatic N) is 3. The van der Waals surface area contributed by atoms with Crippen LogP contribution in [0.4, 0.5) is 0 Å². The van der Waals surface area contributed by atoms with Crippen molar-refractivity contribution in [2.75, 3.05) is 0 Å². The number of pyridine rings is 1. The lowest BCUT2D eigenvalue weighted by molar-refractivity contribution is -0.687. The Labute approximate surface area is 124 Å². The second-order valence-corrected chi connectivity index (χ2v) is 5.76. The van der Waals surface area contributed by atoms with Crippen molar-refractivity contribution >= 4 is 27.1 Å². The second-order valence-electron chi connectivity index (χ2n) is 4.89. The summed E-state index contributed by atoms with van der Waals surface area (Å²) in [7, 11) is 0. The molecule has 5 heteroatoms. The van der Waals surface area contributed by atoms with E-state index in [1.54, 1.807) is 16.7 Å². The molecule has 102 valence electrons. The quantitative estimate of drug-likeness (QED) is 0.532. The average molecular weight is 294 g/mol. The molecule has 0 aliphatic heterocycles. The van der Waals surface area contributed by atoms with Crippen molar-refractivity contribution < 1.29 is 4.57 Å². The van der Waals surface area contributed by atoms with Gasteiger partial charge in [0.25, 0.3) is 5.56 Å². The van der Waals surface area contributed by atoms with Crippen molar-refractivity contribution in [2.45, 2.75) is 6.54 Å². The van der Waals surface area contributed by atoms with Crippen LogP contribution in [-0.2, 0) is 6.54 Å². The molecular formula is C16H12N3OS+. The first kappa shape index (κ1) is 12.2. The van der Waals surface area contributed by atoms with Crippen molar-refractivity contribution in [3.63, 3.8) is 0 Å². The number of fused-ring (bicyclic) bond motifs is 2. The van der Waals surface area contributed by atoms with Crippen LogP contribution in [0, 0.1) is 0 Å². The highest BCUT2D eigenvalue weighted by Gasteiger charge is 2.09. The van der Waals surface area contributed by atoms with E-state index >= 15 is 0 Å². The van der Waals surface area contributed by atoms with Gasteiger partial charge in [-0.25, -0.2) is 4.98 Å². The molecule has 0 bridgehead atoms. The predicted molar refractivity (Wildman–Crippen MR) is 82.6 cm³/mol. The molecule has 4 nitrogen and oxygen atoms in total. The van der Waals surface area contributed by atoms with Crippen LogP contribution in [0.2, 0.25) is 0 Å². The molecule has 0 spiro atoms. The Kier molecular flexibility index (Phi) is 2.79. The second kappa shape index (κ2) is 4.79. The van der Waals surface area contributed by atoms with Crippen molar-refractivity contribution in [3.8, 4) is 0 Å². The Balaban J connectivity index is 1.76. The molecule has 0 N–H and O–H groups in total. The normalized spacial score (nSPS) is 11.2. The fourth-order valence-electron chi connectivity index (χ4n) is 2.43. The Hall–Kier alpha value is -2.53. The fraction of sp³-hybridized carbons (Fsp3) is 0.0625. The van der Waals surface area contributed by atoms with Crippen LogP contribution in [0.25, 0.3) is 15.7 Å². The molecule has 21 heavy (non-hydrogen) atoms. The van der Waals surface area contributed by atoms with Gasteiger partial charge in [-0.2, -0.15) is 4.57 Å². The van der Waals surface area contributed by atoms with Gasteiger partial charge in [0, 0.05) is 29.1 Å². The molecule has 1 aromatic carbocycles. The summed E-state index contributed by atoms with van der Waals surface area (Å²) in [5.74, 6) is 0. The molecule has 0 saturated heterocycles. The Bertz CT molecular complexity index is 1000. The topological polar surface area (TPSA) is 38.2 Å². The first-order chi connectivity index (χ1) is 10.3. The summed E-state index contributed by atoms with van der Waals surface area (Å²) in [6.45, 7) is 0.592. The zero-order chi connectivity index (χ0) is 14.2. The molecule has 3 heterocycles. The van der Waals surface area contributed by atoms with Gasteiger partial charge in [-0.3, -0.25) is 9.20 Å². The van der Waals surface area contributed by atoms with Gasteiger partial charge < -0.3 is 0 Å². The smallest absolute Gasteiger partial charge is 0.258 e. The number of hydrogen-bond donors (Lipinski definition) is 0. The van der Waals surface area contributed by atoms with Gasteiger partial charge >= 0.3 is 0 Å². The Morgan fingerprint density at radius 3 is 2.95 bits per heavy atom. The highest BCUT2D eigenvalue weighted by atomic mass is 32.1. The summed E-state index contributed by atoms with van der Waals surface area (Å²) in [4.78, 5) is 17.3. The van der Waals surface area contributed by atoms with E-state index in [0.29, 0.717) is 6.54 Å². The predicted octanol–water partition coefficient (Wildman–Crippen LogP) is 2.25. The lowest BCUT2D eigenvalue weighted by Crippen LogP contribution is -2.34. The molecule has 0 aliphatic rings. The van der Waals surface area contributed by atoms with Crippen LogP contribution in [-0.4, -0.2) is 9.38 Å². The third-order valence-electron chi connectivity index (χ3n) is 3.45. The van der Waals surface area contributed by atoms with Gasteiger partial charge in [0.05, 0.1) is 0 Å². The Morgan fingerprint density at radius 1 is 1.19 bits per heavy atom. The van der Waals surface area contributed by atoms with Crippen molar-refractivity contribution in [1.29, 1.82) is 0 Å². The molecule has 0 amide bonds. The number of rotatable bonds is 2. The monoisotopic (exact) mass is 294 g/mol. The van der Waals surface area contributed by atoms with Crippen LogP contribution in [0.3, 0.4) is 0 Å². The molecule has 0 atom stereocenters. The Morgan fingerprint density at radius 2 is 2.05 bits per heavy atom. The minimum Gasteiger partial charge on any atom is -0.269 e. The number of thiazole rings is 1. The lowest BCUT2D eigenvalue weighted by Gasteiger charge is -2.00. The summed E-state index contributed by atoms with van der Waals surface area (Å²) in [6, 6.07) is 11.9. The SMILES string of the molecule is O=c1cc(C[n+]2ccc3ccccc3c2)nc2sccn12. The van der Waals surface area contributed by atoms with Crippen LogP contribution < -0.4 is 10.1 Å². The highest BCUT2D eigenvalue weighted by molar-refractivity contribution is 7.15. The van der Waals surface area contributed by atoms with Gasteiger partial charge in [0.2, 0.25) is 0 Å². The van der Waals surface area contributed by atoms with E-state index in [2.05, 4.69) is 29.4 Å². The molecule has 0 radical (unpaired) electrons. The van der Waals surface area contributed by atoms with Gasteiger partial charge in [0.15, 0.2) is 23.9 Å². The maximum absolute atomic E-state index is 12.0. The third kappa shape index (κ3) is 2.21. The first-order valence-electron chi connectivity index (χ1n) is 6.63. The summed E-state index contributed by atoms with van der Waals surface area (Å²) < 4.78 is 3.62. The zero-order valence-electron chi connectivity index (χ0n) is 11.1. The molecule has 4 aromatic rings. The lowest BCUT2D eigenvalue weighted by atomic mass is 10.2. The van der Waals surface area contributed by atoms with Crippen LogP contribution in [0.1, 0.15) is 5.69 Å². The molecule has 0 aliphatic carbocycles. The zero-order valence-corrected chi connectivity index (χ0v) is 12.0. The average Bonchev–Trinajstić information content (AvgIpc) is 2.96. The third-order valence-corrected chi connectivity index (χ3v) is 4.20. The molecular weight excluding hydrogens is 282 g/mol. The van der Waals surface area contributed by atoms with Gasteiger partial charge in [-0.05, 0) is 11.5 Å². The van der Waals surface area contributed by atoms with E-state index in [0.717, 1.165) is 10.7 Å². The molecule has 0 fully saturated rings. The van der Waals surface area contributed by atoms with Crippen molar-refractivity contribution in [1.82, 2.24) is 9.38 Å². The molecule has 0 unspecified atom stereocenters. The van der Waals surface area contributed by atoms with E-state index in [1.165, 1.54) is 22.1 Å². The van der Waals surface area contributed by atoms with Crippen molar-refractivity contribution in [3.05, 3.63) is 76.4 Å². The minimum atomic E-state index is -0.0300. The number of aromatic nitrogens is 3. The van der Waals surface area contributed by atoms with E-state index in [-0.39, 0.29) is 5.56 Å². The molecule has 4 rings (SSSR count). The van der Waals surface area contributed by atoms with Gasteiger partial charge in [-0.1, -0.05) is 18.2 Å². The summed E-state index contributed by atoms with van der Waals surface area (Å²) in [5.41, 5.74) is 0.750. The highest BCUT2D eigenvalue weighted by Crippen LogP contribution is 2.10. The largest absolute Gasteiger partial charge is 0.269 e. The molecule has 3 aromatic heterocycles. The standard InChI is InChI=1S/C16H12N3OS/c20-15-9-14(17-16-19(15)7-8-21-16)11-18-6-5-12-3-1-2-4-13(12)10-18/h1-10H,11H2/q+1. The summed E-state index contributed by atoms with van der Waals surface area (Å²) in [5, 5.41) is 4.25. The number of hydrogen-bond acceptors (Lipinski definition) is 3. The van der Waals surface area contributed by atoms with Crippen LogP contribution in [0.5, 0.6) is 0 Å². The van der Waals surface area contributed by atoms with Crippen LogP contribution in [0.15, 0.2) is 65.2 Å². The first-order valence-corrected chi connectivity index (χ1v) is 7.51. The van der Waals surface area contributed by atoms with Gasteiger partial charge in [-0.15, -0.1) is 11.3 Å².